The van der Waals surface area contributed by atoms with Crippen LogP contribution in [0.25, 0.3) is 6.08 Å². The van der Waals surface area contributed by atoms with E-state index in [4.69, 9.17) is 21.7 Å². The third kappa shape index (κ3) is 7.53. The van der Waals surface area contributed by atoms with Crippen molar-refractivity contribution in [2.45, 2.75) is 38.1 Å². The van der Waals surface area contributed by atoms with Crippen LogP contribution in [0.15, 0.2) is 59.7 Å². The predicted molar refractivity (Wildman–Crippen MR) is 127 cm³/mol. The molecule has 0 atom stereocenters. The van der Waals surface area contributed by atoms with E-state index in [1.54, 1.807) is 30.5 Å². The first-order valence-electron chi connectivity index (χ1n) is 10.4. The van der Waals surface area contributed by atoms with E-state index in [0.717, 1.165) is 24.0 Å². The Balaban J connectivity index is 1.53. The van der Waals surface area contributed by atoms with Gasteiger partial charge in [-0.2, -0.15) is 5.10 Å². The number of hydrogen-bond acceptors (Lipinski definition) is 5. The molecule has 2 aromatic rings. The molecular formula is C24H27N3O3S. The summed E-state index contributed by atoms with van der Waals surface area (Å²) in [6.07, 6.45) is 10.8. The summed E-state index contributed by atoms with van der Waals surface area (Å²) in [7, 11) is 1.52. The largest absolute Gasteiger partial charge is 0.493 e. The average Bonchev–Trinajstić information content (AvgIpc) is 2.80. The van der Waals surface area contributed by atoms with Crippen molar-refractivity contribution < 1.29 is 14.3 Å². The molecule has 1 aliphatic carbocycles. The Morgan fingerprint density at radius 2 is 1.84 bits per heavy atom. The molecule has 162 valence electrons. The van der Waals surface area contributed by atoms with Gasteiger partial charge in [-0.3, -0.25) is 5.43 Å². The molecule has 0 spiro atoms. The zero-order chi connectivity index (χ0) is 21.9. The van der Waals surface area contributed by atoms with E-state index in [1.165, 1.54) is 32.4 Å². The molecule has 0 radical (unpaired) electrons. The minimum Gasteiger partial charge on any atom is -0.493 e. The van der Waals surface area contributed by atoms with Crippen LogP contribution in [0.3, 0.4) is 0 Å². The van der Waals surface area contributed by atoms with E-state index in [0.29, 0.717) is 22.7 Å². The standard InChI is InChI=1S/C24H27N3O3S/c1-29-22-16-19(17-25-27-24(31)26-20-10-6-3-7-11-20)12-14-21(22)30-23(28)15-13-18-8-4-2-5-9-18/h2,4-5,8-9,12-17,20H,3,6-7,10-11H2,1H3,(H2,26,27,31). The van der Waals surface area contributed by atoms with Crippen molar-refractivity contribution in [3.05, 3.63) is 65.7 Å². The Labute approximate surface area is 188 Å². The number of thiocarbonyl (C=S) groups is 1. The molecule has 0 amide bonds. The first kappa shape index (κ1) is 22.5. The molecule has 0 bridgehead atoms. The summed E-state index contributed by atoms with van der Waals surface area (Å²) < 4.78 is 10.8. The first-order valence-corrected chi connectivity index (χ1v) is 10.8. The number of benzene rings is 2. The van der Waals surface area contributed by atoms with Crippen LogP contribution in [-0.4, -0.2) is 30.4 Å². The normalized spacial score (nSPS) is 14.5. The van der Waals surface area contributed by atoms with Crippen LogP contribution < -0.4 is 20.2 Å². The number of esters is 1. The van der Waals surface area contributed by atoms with E-state index < -0.39 is 5.97 Å². The van der Waals surface area contributed by atoms with Crippen molar-refractivity contribution >= 4 is 35.6 Å². The second-order valence-electron chi connectivity index (χ2n) is 7.25. The van der Waals surface area contributed by atoms with Gasteiger partial charge in [-0.15, -0.1) is 0 Å². The topological polar surface area (TPSA) is 71.9 Å². The van der Waals surface area contributed by atoms with Gasteiger partial charge >= 0.3 is 5.97 Å². The molecule has 0 aromatic heterocycles. The highest BCUT2D eigenvalue weighted by molar-refractivity contribution is 7.80. The van der Waals surface area contributed by atoms with E-state index in [1.807, 2.05) is 30.3 Å². The minimum absolute atomic E-state index is 0.338. The molecule has 2 aromatic carbocycles. The summed E-state index contributed by atoms with van der Waals surface area (Å²) in [4.78, 5) is 12.1. The lowest BCUT2D eigenvalue weighted by Crippen LogP contribution is -2.40. The summed E-state index contributed by atoms with van der Waals surface area (Å²) in [5, 5.41) is 8.00. The lowest BCUT2D eigenvalue weighted by atomic mass is 9.96. The Morgan fingerprint density at radius 3 is 2.58 bits per heavy atom. The number of nitrogens with zero attached hydrogens (tertiary/aromatic N) is 1. The molecule has 0 saturated heterocycles. The number of hydrogen-bond donors (Lipinski definition) is 2. The smallest absolute Gasteiger partial charge is 0.336 e. The Hall–Kier alpha value is -3.19. The maximum Gasteiger partial charge on any atom is 0.336 e. The summed E-state index contributed by atoms with van der Waals surface area (Å²) in [6, 6.07) is 15.2. The Bertz CT molecular complexity index is 938. The van der Waals surface area contributed by atoms with E-state index in [2.05, 4.69) is 15.8 Å². The van der Waals surface area contributed by atoms with Gasteiger partial charge in [0.2, 0.25) is 0 Å². The van der Waals surface area contributed by atoms with Crippen molar-refractivity contribution in [3.63, 3.8) is 0 Å². The molecule has 6 nitrogen and oxygen atoms in total. The van der Waals surface area contributed by atoms with Gasteiger partial charge in [-0.25, -0.2) is 4.79 Å². The number of methoxy groups -OCH3 is 1. The molecule has 0 heterocycles. The van der Waals surface area contributed by atoms with Crippen LogP contribution in [-0.2, 0) is 4.79 Å². The van der Waals surface area contributed by atoms with Gasteiger partial charge in [-0.1, -0.05) is 49.6 Å². The predicted octanol–water partition coefficient (Wildman–Crippen LogP) is 4.44. The van der Waals surface area contributed by atoms with Gasteiger partial charge in [0, 0.05) is 12.1 Å². The molecular weight excluding hydrogens is 410 g/mol. The molecule has 7 heteroatoms. The quantitative estimate of drug-likeness (QED) is 0.167. The summed E-state index contributed by atoms with van der Waals surface area (Å²) in [5.74, 6) is 0.294. The molecule has 3 rings (SSSR count). The Morgan fingerprint density at radius 1 is 1.06 bits per heavy atom. The lowest BCUT2D eigenvalue weighted by molar-refractivity contribution is -0.129. The summed E-state index contributed by atoms with van der Waals surface area (Å²) in [6.45, 7) is 0. The van der Waals surface area contributed by atoms with Crippen LogP contribution in [0.2, 0.25) is 0 Å². The molecule has 0 aliphatic heterocycles. The summed E-state index contributed by atoms with van der Waals surface area (Å²) >= 11 is 5.30. The number of carbonyl (C=O) groups excluding carboxylic acids is 1. The van der Waals surface area contributed by atoms with Crippen molar-refractivity contribution in [1.29, 1.82) is 0 Å². The van der Waals surface area contributed by atoms with Gasteiger partial charge in [0.15, 0.2) is 16.6 Å². The van der Waals surface area contributed by atoms with Crippen molar-refractivity contribution in [2.75, 3.05) is 7.11 Å². The van der Waals surface area contributed by atoms with Gasteiger partial charge in [0.25, 0.3) is 0 Å². The third-order valence-electron chi connectivity index (χ3n) is 4.93. The second kappa shape index (κ2) is 11.9. The fourth-order valence-corrected chi connectivity index (χ4v) is 3.57. The fourth-order valence-electron chi connectivity index (χ4n) is 3.35. The maximum atomic E-state index is 12.1. The second-order valence-corrected chi connectivity index (χ2v) is 7.66. The van der Waals surface area contributed by atoms with Crippen molar-refractivity contribution in [2.24, 2.45) is 5.10 Å². The molecule has 31 heavy (non-hydrogen) atoms. The molecule has 1 saturated carbocycles. The SMILES string of the molecule is COc1cc(C=NNC(=S)NC2CCCCC2)ccc1OC(=O)C=Cc1ccccc1. The molecule has 2 N–H and O–H groups in total. The summed E-state index contributed by atoms with van der Waals surface area (Å²) in [5.41, 5.74) is 4.55. The highest BCUT2D eigenvalue weighted by Gasteiger charge is 2.13. The third-order valence-corrected chi connectivity index (χ3v) is 5.14. The van der Waals surface area contributed by atoms with E-state index >= 15 is 0 Å². The van der Waals surface area contributed by atoms with Crippen LogP contribution in [0.5, 0.6) is 11.5 Å². The van der Waals surface area contributed by atoms with Crippen LogP contribution >= 0.6 is 12.2 Å². The maximum absolute atomic E-state index is 12.1. The average molecular weight is 438 g/mol. The zero-order valence-electron chi connectivity index (χ0n) is 17.5. The van der Waals surface area contributed by atoms with Gasteiger partial charge < -0.3 is 14.8 Å². The van der Waals surface area contributed by atoms with Crippen molar-refractivity contribution in [1.82, 2.24) is 10.7 Å². The van der Waals surface area contributed by atoms with Gasteiger partial charge in [-0.05, 0) is 60.5 Å². The van der Waals surface area contributed by atoms with E-state index in [-0.39, 0.29) is 0 Å². The lowest BCUT2D eigenvalue weighted by Gasteiger charge is -2.23. The van der Waals surface area contributed by atoms with Crippen molar-refractivity contribution in [3.8, 4) is 11.5 Å². The highest BCUT2D eigenvalue weighted by Crippen LogP contribution is 2.27. The van der Waals surface area contributed by atoms with E-state index in [9.17, 15) is 4.79 Å². The highest BCUT2D eigenvalue weighted by atomic mass is 32.1. The van der Waals surface area contributed by atoms with Crippen LogP contribution in [0.1, 0.15) is 43.2 Å². The number of hydrazone groups is 1. The molecule has 1 aliphatic rings. The zero-order valence-corrected chi connectivity index (χ0v) is 18.4. The number of rotatable bonds is 7. The number of ether oxygens (including phenoxy) is 2. The first-order chi connectivity index (χ1) is 15.1. The van der Waals surface area contributed by atoms with Crippen LogP contribution in [0, 0.1) is 0 Å². The monoisotopic (exact) mass is 437 g/mol. The number of carbonyl (C=O) groups is 1. The Kier molecular flexibility index (Phi) is 8.60. The van der Waals surface area contributed by atoms with Gasteiger partial charge in [0.1, 0.15) is 0 Å². The van der Waals surface area contributed by atoms with Crippen LogP contribution in [0.4, 0.5) is 0 Å². The minimum atomic E-state index is -0.482. The van der Waals surface area contributed by atoms with Gasteiger partial charge in [0.05, 0.1) is 13.3 Å². The molecule has 1 fully saturated rings. The molecule has 0 unspecified atom stereocenters. The fraction of sp³-hybridized carbons (Fsp3) is 0.292. The number of nitrogens with one attached hydrogen (secondary N) is 2.